The van der Waals surface area contributed by atoms with E-state index < -0.39 is 11.2 Å². The predicted molar refractivity (Wildman–Crippen MR) is 87.2 cm³/mol. The van der Waals surface area contributed by atoms with Crippen molar-refractivity contribution < 1.29 is 9.53 Å². The van der Waals surface area contributed by atoms with Crippen molar-refractivity contribution in [2.75, 3.05) is 6.61 Å². The van der Waals surface area contributed by atoms with E-state index in [4.69, 9.17) is 4.74 Å². The first-order valence-electron chi connectivity index (χ1n) is 7.74. The molecule has 0 aliphatic rings. The Morgan fingerprint density at radius 3 is 2.58 bits per heavy atom. The second-order valence-corrected chi connectivity index (χ2v) is 5.51. The highest BCUT2D eigenvalue weighted by atomic mass is 16.5. The lowest BCUT2D eigenvalue weighted by Gasteiger charge is -2.05. The number of fused-ring (bicyclic) bond motifs is 3. The molecule has 0 aliphatic heterocycles. The summed E-state index contributed by atoms with van der Waals surface area (Å²) in [4.78, 5) is 41.1. The topological polar surface area (TPSA) is 92.5 Å². The molecular formula is C15H19N5O4. The molecule has 0 aliphatic carbocycles. The van der Waals surface area contributed by atoms with Gasteiger partial charge >= 0.3 is 11.7 Å². The van der Waals surface area contributed by atoms with Crippen molar-refractivity contribution in [3.05, 3.63) is 32.7 Å². The molecule has 0 unspecified atom stereocenters. The summed E-state index contributed by atoms with van der Waals surface area (Å²) in [6.45, 7) is 5.86. The third-order valence-corrected chi connectivity index (χ3v) is 4.05. The van der Waals surface area contributed by atoms with E-state index >= 15 is 0 Å². The Morgan fingerprint density at radius 2 is 1.96 bits per heavy atom. The number of aryl methyl sites for hydroxylation is 2. The minimum Gasteiger partial charge on any atom is -0.465 e. The minimum absolute atomic E-state index is 0.00455. The van der Waals surface area contributed by atoms with Crippen molar-refractivity contribution in [3.63, 3.8) is 0 Å². The fourth-order valence-electron chi connectivity index (χ4n) is 2.87. The molecule has 9 heteroatoms. The van der Waals surface area contributed by atoms with Gasteiger partial charge in [-0.2, -0.15) is 4.98 Å². The van der Waals surface area contributed by atoms with Gasteiger partial charge in [0.15, 0.2) is 11.2 Å². The Bertz CT molecular complexity index is 1070. The first-order chi connectivity index (χ1) is 11.4. The van der Waals surface area contributed by atoms with Gasteiger partial charge in [-0.05, 0) is 20.8 Å². The first kappa shape index (κ1) is 16.0. The van der Waals surface area contributed by atoms with E-state index in [0.717, 1.165) is 10.3 Å². The average molecular weight is 333 g/mol. The molecule has 0 spiro atoms. The number of esters is 1. The molecule has 0 bridgehead atoms. The summed E-state index contributed by atoms with van der Waals surface area (Å²) in [6.07, 6.45) is 1.73. The van der Waals surface area contributed by atoms with Crippen LogP contribution in [0.5, 0.6) is 0 Å². The number of ether oxygens (including phenoxy) is 1. The maximum atomic E-state index is 12.6. The Kier molecular flexibility index (Phi) is 3.78. The van der Waals surface area contributed by atoms with E-state index in [1.807, 2.05) is 6.92 Å². The quantitative estimate of drug-likeness (QED) is 0.629. The summed E-state index contributed by atoms with van der Waals surface area (Å²) in [5.41, 5.74) is 0.575. The lowest BCUT2D eigenvalue weighted by molar-refractivity contribution is -0.143. The van der Waals surface area contributed by atoms with Crippen molar-refractivity contribution in [2.45, 2.75) is 33.9 Å². The maximum Gasteiger partial charge on any atom is 0.332 e. The number of carbonyl (C=O) groups excluding carboxylic acids is 1. The van der Waals surface area contributed by atoms with Gasteiger partial charge in [0.25, 0.3) is 5.56 Å². The molecular weight excluding hydrogens is 314 g/mol. The first-order valence-corrected chi connectivity index (χ1v) is 7.74. The van der Waals surface area contributed by atoms with Gasteiger partial charge < -0.3 is 9.30 Å². The van der Waals surface area contributed by atoms with Crippen LogP contribution in [-0.2, 0) is 29.7 Å². The molecule has 24 heavy (non-hydrogen) atoms. The van der Waals surface area contributed by atoms with Crippen LogP contribution < -0.4 is 11.2 Å². The number of imidazole rings is 2. The smallest absolute Gasteiger partial charge is 0.332 e. The maximum absolute atomic E-state index is 12.6. The summed E-state index contributed by atoms with van der Waals surface area (Å²) in [6, 6.07) is 0. The van der Waals surface area contributed by atoms with Gasteiger partial charge in [-0.1, -0.05) is 0 Å². The van der Waals surface area contributed by atoms with E-state index in [1.165, 1.54) is 4.57 Å². The predicted octanol–water partition coefficient (Wildman–Crippen LogP) is 0.0408. The molecule has 0 N–H and O–H groups in total. The van der Waals surface area contributed by atoms with Gasteiger partial charge in [-0.25, -0.2) is 4.79 Å². The van der Waals surface area contributed by atoms with Crippen LogP contribution in [0.3, 0.4) is 0 Å². The van der Waals surface area contributed by atoms with E-state index in [2.05, 4.69) is 4.98 Å². The highest BCUT2D eigenvalue weighted by molar-refractivity contribution is 5.77. The second kappa shape index (κ2) is 5.66. The molecule has 128 valence electrons. The lowest BCUT2D eigenvalue weighted by Crippen LogP contribution is -2.38. The van der Waals surface area contributed by atoms with Crippen LogP contribution in [0.2, 0.25) is 0 Å². The zero-order valence-corrected chi connectivity index (χ0v) is 14.1. The van der Waals surface area contributed by atoms with E-state index in [9.17, 15) is 14.4 Å². The SMILES string of the molecule is CCOC(=O)Cn1c(C)cn2c3c(=O)n(CC)c(=O)n(C)c3nc12. The van der Waals surface area contributed by atoms with Gasteiger partial charge in [0, 0.05) is 25.5 Å². The molecule has 3 aromatic rings. The van der Waals surface area contributed by atoms with Crippen LogP contribution >= 0.6 is 0 Å². The van der Waals surface area contributed by atoms with E-state index in [-0.39, 0.29) is 19.1 Å². The molecule has 0 aromatic carbocycles. The van der Waals surface area contributed by atoms with Gasteiger partial charge in [-0.3, -0.25) is 23.1 Å². The molecule has 3 heterocycles. The molecule has 0 saturated carbocycles. The minimum atomic E-state index is -0.413. The Hall–Kier alpha value is -2.84. The summed E-state index contributed by atoms with van der Waals surface area (Å²) >= 11 is 0. The van der Waals surface area contributed by atoms with Crippen molar-refractivity contribution in [1.29, 1.82) is 0 Å². The largest absolute Gasteiger partial charge is 0.465 e. The van der Waals surface area contributed by atoms with E-state index in [1.54, 1.807) is 36.1 Å². The second-order valence-electron chi connectivity index (χ2n) is 5.51. The van der Waals surface area contributed by atoms with Crippen LogP contribution in [0.25, 0.3) is 16.9 Å². The number of nitrogens with zero attached hydrogens (tertiary/aromatic N) is 5. The van der Waals surface area contributed by atoms with Crippen LogP contribution in [-0.4, -0.2) is 35.7 Å². The molecule has 0 radical (unpaired) electrons. The van der Waals surface area contributed by atoms with Crippen LogP contribution in [0.1, 0.15) is 19.5 Å². The molecule has 0 fully saturated rings. The van der Waals surface area contributed by atoms with Crippen molar-refractivity contribution in [3.8, 4) is 0 Å². The highest BCUT2D eigenvalue weighted by Crippen LogP contribution is 2.16. The number of hydrogen-bond donors (Lipinski definition) is 0. The number of rotatable bonds is 4. The van der Waals surface area contributed by atoms with Crippen molar-refractivity contribution in [2.24, 2.45) is 7.05 Å². The fraction of sp³-hybridized carbons (Fsp3) is 0.467. The number of carbonyl (C=O) groups is 1. The number of aromatic nitrogens is 5. The van der Waals surface area contributed by atoms with Crippen molar-refractivity contribution >= 4 is 22.9 Å². The Labute approximate surface area is 136 Å². The summed E-state index contributed by atoms with van der Waals surface area (Å²) in [7, 11) is 1.57. The summed E-state index contributed by atoms with van der Waals surface area (Å²) in [5, 5.41) is 0. The normalized spacial score (nSPS) is 11.5. The fourth-order valence-corrected chi connectivity index (χ4v) is 2.87. The summed E-state index contributed by atoms with van der Waals surface area (Å²) in [5.74, 6) is 0.0436. The van der Waals surface area contributed by atoms with Gasteiger partial charge in [0.1, 0.15) is 6.54 Å². The Balaban J connectivity index is 2.34. The highest BCUT2D eigenvalue weighted by Gasteiger charge is 2.20. The molecule has 3 aromatic heterocycles. The Morgan fingerprint density at radius 1 is 1.25 bits per heavy atom. The zero-order valence-electron chi connectivity index (χ0n) is 14.1. The molecule has 0 amide bonds. The molecule has 0 saturated heterocycles. The third-order valence-electron chi connectivity index (χ3n) is 4.05. The average Bonchev–Trinajstić information content (AvgIpc) is 3.03. The third kappa shape index (κ3) is 2.15. The monoisotopic (exact) mass is 333 g/mol. The summed E-state index contributed by atoms with van der Waals surface area (Å²) < 4.78 is 10.8. The number of hydrogen-bond acceptors (Lipinski definition) is 5. The zero-order chi connectivity index (χ0) is 17.6. The van der Waals surface area contributed by atoms with Crippen LogP contribution in [0.4, 0.5) is 0 Å². The van der Waals surface area contributed by atoms with Crippen molar-refractivity contribution in [1.82, 2.24) is 23.1 Å². The standard InChI is InChI=1S/C15H19N5O4/c1-5-18-13(22)11-12(17(4)15(18)23)16-14-19(8-10(21)24-6-2)9(3)7-20(11)14/h7H,5-6,8H2,1-4H3. The van der Waals surface area contributed by atoms with Crippen LogP contribution in [0.15, 0.2) is 15.8 Å². The lowest BCUT2D eigenvalue weighted by atomic mass is 10.4. The molecule has 9 nitrogen and oxygen atoms in total. The molecule has 3 rings (SSSR count). The molecule has 0 atom stereocenters. The van der Waals surface area contributed by atoms with Crippen LogP contribution in [0, 0.1) is 6.92 Å². The van der Waals surface area contributed by atoms with Gasteiger partial charge in [0.05, 0.1) is 6.61 Å². The van der Waals surface area contributed by atoms with E-state index in [0.29, 0.717) is 23.5 Å². The van der Waals surface area contributed by atoms with Gasteiger partial charge in [-0.15, -0.1) is 0 Å². The van der Waals surface area contributed by atoms with Gasteiger partial charge in [0.2, 0.25) is 5.78 Å².